The van der Waals surface area contributed by atoms with Crippen molar-refractivity contribution in [2.75, 3.05) is 45.9 Å². The van der Waals surface area contributed by atoms with Crippen LogP contribution in [0, 0.1) is 0 Å². The highest BCUT2D eigenvalue weighted by Gasteiger charge is 2.17. The number of piperazine rings is 1. The van der Waals surface area contributed by atoms with Gasteiger partial charge in [-0.25, -0.2) is 0 Å². The molecule has 0 unspecified atom stereocenters. The minimum atomic E-state index is 0.277. The van der Waals surface area contributed by atoms with Crippen LogP contribution in [0.25, 0.3) is 0 Å². The first kappa shape index (κ1) is 12.7. The predicted octanol–water partition coefficient (Wildman–Crippen LogP) is 0.735. The normalized spacial score (nSPS) is 23.4. The first-order valence-electron chi connectivity index (χ1n) is 6.54. The van der Waals surface area contributed by atoms with Gasteiger partial charge >= 0.3 is 0 Å². The maximum Gasteiger partial charge on any atom is 0.0558 e. The molecule has 0 bridgehead atoms. The fraction of sp³-hybridized carbons (Fsp3) is 0.769. The number of β-amino-alcohol motifs (C(OH)–C–C–N with tert-alkyl or cyclic N) is 1. The second-order valence-electron chi connectivity index (χ2n) is 4.99. The Hall–Kier alpha value is -0.710. The van der Waals surface area contributed by atoms with Crippen molar-refractivity contribution < 1.29 is 5.11 Å². The molecule has 17 heavy (non-hydrogen) atoms. The summed E-state index contributed by atoms with van der Waals surface area (Å²) in [5.41, 5.74) is 2.72. The quantitative estimate of drug-likeness (QED) is 0.783. The third kappa shape index (κ3) is 3.91. The average molecular weight is 237 g/mol. The number of aliphatic hydroxyl groups is 1. The number of hydrogen-bond donors (Lipinski definition) is 1. The minimum Gasteiger partial charge on any atom is -0.395 e. The van der Waals surface area contributed by atoms with Crippen LogP contribution in [0.15, 0.2) is 16.8 Å². The summed E-state index contributed by atoms with van der Waals surface area (Å²) in [6.45, 7) is 8.65. The van der Waals surface area contributed by atoms with E-state index < -0.39 is 0 Å². The van der Waals surface area contributed by atoms with E-state index in [0.29, 0.717) is 0 Å². The summed E-state index contributed by atoms with van der Waals surface area (Å²) in [7, 11) is 0. The molecule has 0 aromatic heterocycles. The zero-order valence-electron chi connectivity index (χ0n) is 10.7. The standard InChI is InChI=1S/C13H23N3O/c1-12-2-3-13(10-14-12)11-16-6-4-15(5-7-16)8-9-17/h10,17H,2-9,11H2,1H3. The molecule has 2 aliphatic heterocycles. The average Bonchev–Trinajstić information content (AvgIpc) is 2.35. The highest BCUT2D eigenvalue weighted by atomic mass is 16.3. The van der Waals surface area contributed by atoms with Crippen molar-refractivity contribution in [2.45, 2.75) is 19.8 Å². The predicted molar refractivity (Wildman–Crippen MR) is 70.4 cm³/mol. The Labute approximate surface area is 104 Å². The van der Waals surface area contributed by atoms with Crippen molar-refractivity contribution in [1.82, 2.24) is 9.80 Å². The van der Waals surface area contributed by atoms with Crippen LogP contribution in [0.3, 0.4) is 0 Å². The number of aliphatic hydroxyl groups excluding tert-OH is 1. The van der Waals surface area contributed by atoms with E-state index in [-0.39, 0.29) is 6.61 Å². The van der Waals surface area contributed by atoms with Gasteiger partial charge in [0, 0.05) is 51.2 Å². The van der Waals surface area contributed by atoms with Gasteiger partial charge < -0.3 is 5.11 Å². The maximum absolute atomic E-state index is 8.89. The molecule has 96 valence electrons. The van der Waals surface area contributed by atoms with Gasteiger partial charge in [-0.3, -0.25) is 14.8 Å². The molecule has 4 nitrogen and oxygen atoms in total. The summed E-state index contributed by atoms with van der Waals surface area (Å²) < 4.78 is 0. The Morgan fingerprint density at radius 2 is 1.88 bits per heavy atom. The van der Waals surface area contributed by atoms with Gasteiger partial charge in [0.2, 0.25) is 0 Å². The van der Waals surface area contributed by atoms with Crippen molar-refractivity contribution >= 4 is 5.71 Å². The maximum atomic E-state index is 8.89. The Balaban J connectivity index is 1.75. The number of aliphatic imine (C=N–C) groups is 1. The van der Waals surface area contributed by atoms with E-state index in [2.05, 4.69) is 27.9 Å². The lowest BCUT2D eigenvalue weighted by Gasteiger charge is -2.34. The van der Waals surface area contributed by atoms with Gasteiger partial charge in [0.1, 0.15) is 0 Å². The fourth-order valence-corrected chi connectivity index (χ4v) is 2.39. The lowest BCUT2D eigenvalue weighted by Crippen LogP contribution is -2.47. The van der Waals surface area contributed by atoms with Crippen molar-refractivity contribution in [3.8, 4) is 0 Å². The second-order valence-corrected chi connectivity index (χ2v) is 4.99. The zero-order chi connectivity index (χ0) is 12.1. The summed E-state index contributed by atoms with van der Waals surface area (Å²) in [4.78, 5) is 9.23. The SMILES string of the molecule is CC1=NC=C(CN2CCN(CCO)CC2)CC1. The molecule has 0 atom stereocenters. The van der Waals surface area contributed by atoms with Crippen LogP contribution >= 0.6 is 0 Å². The van der Waals surface area contributed by atoms with Gasteiger partial charge in [0.25, 0.3) is 0 Å². The first-order valence-corrected chi connectivity index (χ1v) is 6.54. The van der Waals surface area contributed by atoms with Gasteiger partial charge in [0.15, 0.2) is 0 Å². The Kier molecular flexibility index (Phi) is 4.71. The third-order valence-electron chi connectivity index (χ3n) is 3.58. The molecule has 0 amide bonds. The second kappa shape index (κ2) is 6.28. The zero-order valence-corrected chi connectivity index (χ0v) is 10.7. The minimum absolute atomic E-state index is 0.277. The van der Waals surface area contributed by atoms with Crippen molar-refractivity contribution in [3.63, 3.8) is 0 Å². The first-order chi connectivity index (χ1) is 8.28. The lowest BCUT2D eigenvalue weighted by atomic mass is 10.1. The van der Waals surface area contributed by atoms with Gasteiger partial charge in [-0.15, -0.1) is 0 Å². The third-order valence-corrected chi connectivity index (χ3v) is 3.58. The summed E-state index contributed by atoms with van der Waals surface area (Å²) in [5.74, 6) is 0. The van der Waals surface area contributed by atoms with E-state index in [0.717, 1.165) is 45.7 Å². The molecule has 1 fully saturated rings. The van der Waals surface area contributed by atoms with E-state index in [1.54, 1.807) is 0 Å². The Bertz CT molecular complexity index is 304. The van der Waals surface area contributed by atoms with Crippen molar-refractivity contribution in [3.05, 3.63) is 11.8 Å². The molecule has 2 heterocycles. The van der Waals surface area contributed by atoms with Crippen LogP contribution in [0.4, 0.5) is 0 Å². The van der Waals surface area contributed by atoms with Gasteiger partial charge in [0.05, 0.1) is 6.61 Å². The van der Waals surface area contributed by atoms with E-state index in [1.807, 2.05) is 0 Å². The highest BCUT2D eigenvalue weighted by Crippen LogP contribution is 2.14. The van der Waals surface area contributed by atoms with Crippen molar-refractivity contribution in [2.24, 2.45) is 4.99 Å². The van der Waals surface area contributed by atoms with Gasteiger partial charge in [-0.1, -0.05) is 0 Å². The van der Waals surface area contributed by atoms with Gasteiger partial charge in [-0.05, 0) is 25.3 Å². The van der Waals surface area contributed by atoms with E-state index in [9.17, 15) is 0 Å². The summed E-state index contributed by atoms with van der Waals surface area (Å²) in [5, 5.41) is 8.89. The van der Waals surface area contributed by atoms with E-state index in [4.69, 9.17) is 5.11 Å². The number of rotatable bonds is 4. The molecule has 4 heteroatoms. The molecule has 0 aliphatic carbocycles. The molecule has 0 saturated carbocycles. The molecule has 1 saturated heterocycles. The summed E-state index contributed by atoms with van der Waals surface area (Å²) in [6, 6.07) is 0. The van der Waals surface area contributed by atoms with Crippen molar-refractivity contribution in [1.29, 1.82) is 0 Å². The topological polar surface area (TPSA) is 39.1 Å². The van der Waals surface area contributed by atoms with Crippen LogP contribution < -0.4 is 0 Å². The summed E-state index contributed by atoms with van der Waals surface area (Å²) >= 11 is 0. The number of nitrogens with zero attached hydrogens (tertiary/aromatic N) is 3. The Morgan fingerprint density at radius 1 is 1.18 bits per heavy atom. The molecule has 2 rings (SSSR count). The molecule has 2 aliphatic rings. The van der Waals surface area contributed by atoms with Crippen LogP contribution in [-0.2, 0) is 0 Å². The fourth-order valence-electron chi connectivity index (χ4n) is 2.39. The smallest absolute Gasteiger partial charge is 0.0558 e. The molecule has 0 aromatic rings. The Morgan fingerprint density at radius 3 is 2.47 bits per heavy atom. The van der Waals surface area contributed by atoms with Crippen LogP contribution in [-0.4, -0.2) is 66.5 Å². The van der Waals surface area contributed by atoms with Crippen LogP contribution in [0.2, 0.25) is 0 Å². The lowest BCUT2D eigenvalue weighted by molar-refractivity contribution is 0.118. The molecule has 0 radical (unpaired) electrons. The molecule has 0 aromatic carbocycles. The van der Waals surface area contributed by atoms with Gasteiger partial charge in [-0.2, -0.15) is 0 Å². The largest absolute Gasteiger partial charge is 0.395 e. The highest BCUT2D eigenvalue weighted by molar-refractivity contribution is 5.83. The van der Waals surface area contributed by atoms with E-state index >= 15 is 0 Å². The monoisotopic (exact) mass is 237 g/mol. The molecule has 1 N–H and O–H groups in total. The van der Waals surface area contributed by atoms with Crippen LogP contribution in [0.5, 0.6) is 0 Å². The molecular weight excluding hydrogens is 214 g/mol. The molecule has 0 spiro atoms. The number of hydrogen-bond acceptors (Lipinski definition) is 4. The van der Waals surface area contributed by atoms with Crippen LogP contribution in [0.1, 0.15) is 19.8 Å². The summed E-state index contributed by atoms with van der Waals surface area (Å²) in [6.07, 6.45) is 4.35. The molecular formula is C13H23N3O. The van der Waals surface area contributed by atoms with E-state index in [1.165, 1.54) is 17.7 Å².